The lowest BCUT2D eigenvalue weighted by Gasteiger charge is -2.20. The summed E-state index contributed by atoms with van der Waals surface area (Å²) in [6, 6.07) is 11.7. The maximum Gasteiger partial charge on any atom is 0.337 e. The van der Waals surface area contributed by atoms with Crippen molar-refractivity contribution in [3.63, 3.8) is 0 Å². The van der Waals surface area contributed by atoms with Crippen molar-refractivity contribution in [3.8, 4) is 22.9 Å². The Balaban J connectivity index is 1.38. The van der Waals surface area contributed by atoms with Crippen LogP contribution in [0.2, 0.25) is 0 Å². The summed E-state index contributed by atoms with van der Waals surface area (Å²) in [6.07, 6.45) is 8.06. The number of urea groups is 1. The van der Waals surface area contributed by atoms with Gasteiger partial charge in [0.1, 0.15) is 11.5 Å². The van der Waals surface area contributed by atoms with Crippen molar-refractivity contribution >= 4 is 17.7 Å². The average Bonchev–Trinajstić information content (AvgIpc) is 3.29. The predicted octanol–water partition coefficient (Wildman–Crippen LogP) is 5.56. The van der Waals surface area contributed by atoms with Crippen molar-refractivity contribution in [1.29, 1.82) is 0 Å². The monoisotopic (exact) mass is 444 g/mol. The standard InChI is InChI=1S/C25H24N4O4/c1-15-3-4-16(2)21(11-15)29-25(32)28-18-5-7-19(8-6-18)33-20-9-10-26-23(13-20)22-12-17(14-27-22)24(30)31/h3,5-14,16,27H,4H2,1-2H3,(H,30,31)(H2,28,29,32). The van der Waals surface area contributed by atoms with Crippen LogP contribution in [0.15, 0.2) is 78.3 Å². The van der Waals surface area contributed by atoms with Gasteiger partial charge in [0.25, 0.3) is 0 Å². The highest BCUT2D eigenvalue weighted by molar-refractivity contribution is 5.90. The highest BCUT2D eigenvalue weighted by atomic mass is 16.5. The molecule has 1 aromatic carbocycles. The first-order chi connectivity index (χ1) is 15.9. The zero-order valence-corrected chi connectivity index (χ0v) is 18.3. The van der Waals surface area contributed by atoms with Crippen molar-refractivity contribution in [3.05, 3.63) is 83.8 Å². The van der Waals surface area contributed by atoms with Gasteiger partial charge < -0.3 is 25.5 Å². The smallest absolute Gasteiger partial charge is 0.337 e. The molecular weight excluding hydrogens is 420 g/mol. The number of allylic oxidation sites excluding steroid dienone is 4. The van der Waals surface area contributed by atoms with E-state index in [1.165, 1.54) is 12.3 Å². The Bertz CT molecular complexity index is 1240. The van der Waals surface area contributed by atoms with Crippen molar-refractivity contribution in [1.82, 2.24) is 15.3 Å². The number of amides is 2. The average molecular weight is 444 g/mol. The van der Waals surface area contributed by atoms with E-state index in [-0.39, 0.29) is 17.5 Å². The Morgan fingerprint density at radius 1 is 1.12 bits per heavy atom. The molecule has 33 heavy (non-hydrogen) atoms. The molecule has 2 heterocycles. The molecule has 0 saturated heterocycles. The van der Waals surface area contributed by atoms with Crippen LogP contribution in [0.25, 0.3) is 11.4 Å². The van der Waals surface area contributed by atoms with Crippen molar-refractivity contribution in [2.75, 3.05) is 5.32 Å². The molecule has 2 amide bonds. The van der Waals surface area contributed by atoms with Crippen LogP contribution < -0.4 is 15.4 Å². The minimum absolute atomic E-state index is 0.158. The molecule has 8 nitrogen and oxygen atoms in total. The minimum atomic E-state index is -1.01. The Morgan fingerprint density at radius 2 is 1.91 bits per heavy atom. The molecule has 4 rings (SSSR count). The summed E-state index contributed by atoms with van der Waals surface area (Å²) in [5.74, 6) is 0.387. The molecular formula is C25H24N4O4. The number of pyridine rings is 1. The van der Waals surface area contributed by atoms with Crippen LogP contribution in [0.5, 0.6) is 11.5 Å². The summed E-state index contributed by atoms with van der Waals surface area (Å²) >= 11 is 0. The van der Waals surface area contributed by atoms with E-state index in [9.17, 15) is 9.59 Å². The van der Waals surface area contributed by atoms with Gasteiger partial charge in [-0.3, -0.25) is 4.98 Å². The molecule has 1 aliphatic carbocycles. The number of aromatic nitrogens is 2. The molecule has 1 unspecified atom stereocenters. The van der Waals surface area contributed by atoms with Crippen LogP contribution in [0.1, 0.15) is 30.6 Å². The quantitative estimate of drug-likeness (QED) is 0.397. The number of benzene rings is 1. The van der Waals surface area contributed by atoms with Crippen LogP contribution in [0, 0.1) is 5.92 Å². The van der Waals surface area contributed by atoms with Crippen LogP contribution in [0.3, 0.4) is 0 Å². The van der Waals surface area contributed by atoms with Gasteiger partial charge in [-0.1, -0.05) is 18.6 Å². The number of carboxylic acids is 1. The normalized spacial score (nSPS) is 15.3. The number of anilines is 1. The topological polar surface area (TPSA) is 116 Å². The number of H-pyrrole nitrogens is 1. The number of aromatic amines is 1. The molecule has 0 bridgehead atoms. The third-order valence-corrected chi connectivity index (χ3v) is 5.25. The molecule has 1 aliphatic rings. The third kappa shape index (κ3) is 5.48. The number of nitrogens with zero attached hydrogens (tertiary/aromatic N) is 1. The number of hydrogen-bond donors (Lipinski definition) is 4. The van der Waals surface area contributed by atoms with Crippen LogP contribution >= 0.6 is 0 Å². The highest BCUT2D eigenvalue weighted by Crippen LogP contribution is 2.27. The van der Waals surface area contributed by atoms with Gasteiger partial charge >= 0.3 is 12.0 Å². The van der Waals surface area contributed by atoms with Gasteiger partial charge in [-0.05, 0) is 61.7 Å². The molecule has 1 atom stereocenters. The van der Waals surface area contributed by atoms with Crippen LogP contribution in [0.4, 0.5) is 10.5 Å². The van der Waals surface area contributed by atoms with Crippen molar-refractivity contribution < 1.29 is 19.4 Å². The molecule has 3 aromatic rings. The number of hydrogen-bond acceptors (Lipinski definition) is 4. The Morgan fingerprint density at radius 3 is 2.64 bits per heavy atom. The van der Waals surface area contributed by atoms with E-state index in [1.54, 1.807) is 42.6 Å². The first kappa shape index (κ1) is 21.9. The van der Waals surface area contributed by atoms with E-state index in [2.05, 4.69) is 33.6 Å². The van der Waals surface area contributed by atoms with Gasteiger partial charge in [0, 0.05) is 29.8 Å². The maximum absolute atomic E-state index is 12.4. The predicted molar refractivity (Wildman–Crippen MR) is 125 cm³/mol. The number of ether oxygens (including phenoxy) is 1. The lowest BCUT2D eigenvalue weighted by atomic mass is 9.95. The number of aromatic carboxylic acids is 1. The second kappa shape index (κ2) is 9.44. The summed E-state index contributed by atoms with van der Waals surface area (Å²) in [5, 5.41) is 14.8. The highest BCUT2D eigenvalue weighted by Gasteiger charge is 2.15. The molecule has 0 fully saturated rings. The zero-order valence-electron chi connectivity index (χ0n) is 18.3. The Kier molecular flexibility index (Phi) is 6.26. The SMILES string of the molecule is CC1=CCC(C)C(NC(=O)Nc2ccc(Oc3ccnc(-c4cc(C(=O)O)c[nH]4)c3)cc2)=C1. The van der Waals surface area contributed by atoms with Gasteiger partial charge in [0.15, 0.2) is 0 Å². The number of nitrogens with one attached hydrogen (secondary N) is 3. The zero-order chi connectivity index (χ0) is 23.4. The van der Waals surface area contributed by atoms with Gasteiger partial charge in [0.05, 0.1) is 17.0 Å². The summed E-state index contributed by atoms with van der Waals surface area (Å²) in [6.45, 7) is 4.09. The molecule has 2 aromatic heterocycles. The van der Waals surface area contributed by atoms with Gasteiger partial charge in [-0.25, -0.2) is 9.59 Å². The molecule has 0 radical (unpaired) electrons. The second-order valence-corrected chi connectivity index (χ2v) is 7.87. The summed E-state index contributed by atoms with van der Waals surface area (Å²) < 4.78 is 5.89. The summed E-state index contributed by atoms with van der Waals surface area (Å²) in [4.78, 5) is 30.6. The fraction of sp³-hybridized carbons (Fsp3) is 0.160. The number of carboxylic acid groups (broad SMARTS) is 1. The fourth-order valence-electron chi connectivity index (χ4n) is 3.42. The van der Waals surface area contributed by atoms with E-state index < -0.39 is 5.97 Å². The van der Waals surface area contributed by atoms with E-state index >= 15 is 0 Å². The van der Waals surface area contributed by atoms with Gasteiger partial charge in [-0.15, -0.1) is 0 Å². The molecule has 0 aliphatic heterocycles. The molecule has 0 spiro atoms. The molecule has 0 saturated carbocycles. The summed E-state index contributed by atoms with van der Waals surface area (Å²) in [5.41, 5.74) is 3.98. The van der Waals surface area contributed by atoms with Gasteiger partial charge in [-0.2, -0.15) is 0 Å². The lowest BCUT2D eigenvalue weighted by molar-refractivity contribution is 0.0697. The maximum atomic E-state index is 12.4. The van der Waals surface area contributed by atoms with Gasteiger partial charge in [0.2, 0.25) is 0 Å². The molecule has 4 N–H and O–H groups in total. The fourth-order valence-corrected chi connectivity index (χ4v) is 3.42. The number of rotatable bonds is 6. The second-order valence-electron chi connectivity index (χ2n) is 7.87. The Hall–Kier alpha value is -4.33. The molecule has 168 valence electrons. The van der Waals surface area contributed by atoms with Crippen LogP contribution in [-0.4, -0.2) is 27.1 Å². The first-order valence-electron chi connectivity index (χ1n) is 10.5. The largest absolute Gasteiger partial charge is 0.478 e. The van der Waals surface area contributed by atoms with Crippen molar-refractivity contribution in [2.45, 2.75) is 20.3 Å². The van der Waals surface area contributed by atoms with Crippen LogP contribution in [-0.2, 0) is 0 Å². The van der Waals surface area contributed by atoms with Crippen molar-refractivity contribution in [2.24, 2.45) is 5.92 Å². The summed E-state index contributed by atoms with van der Waals surface area (Å²) in [7, 11) is 0. The minimum Gasteiger partial charge on any atom is -0.478 e. The third-order valence-electron chi connectivity index (χ3n) is 5.25. The lowest BCUT2D eigenvalue weighted by Crippen LogP contribution is -2.31. The van der Waals surface area contributed by atoms with E-state index in [4.69, 9.17) is 9.84 Å². The molecule has 8 heteroatoms. The van der Waals surface area contributed by atoms with E-state index in [0.717, 1.165) is 17.7 Å². The van der Waals surface area contributed by atoms with E-state index in [1.807, 2.05) is 13.0 Å². The number of carbonyl (C=O) groups is 2. The first-order valence-corrected chi connectivity index (χ1v) is 10.5. The number of carbonyl (C=O) groups excluding carboxylic acids is 1. The Labute approximate surface area is 191 Å². The van der Waals surface area contributed by atoms with E-state index in [0.29, 0.717) is 28.6 Å².